The van der Waals surface area contributed by atoms with E-state index >= 15 is 0 Å². The Kier molecular flexibility index (Phi) is 2.44. The molecule has 0 saturated carbocycles. The quantitative estimate of drug-likeness (QED) is 0.468. The molecule has 68 valence electrons. The van der Waals surface area contributed by atoms with E-state index in [1.807, 2.05) is 0 Å². The number of piperazine rings is 1. The summed E-state index contributed by atoms with van der Waals surface area (Å²) in [4.78, 5) is 0. The third-order valence-corrected chi connectivity index (χ3v) is 2.73. The molecule has 1 saturated heterocycles. The second kappa shape index (κ2) is 3.56. The fourth-order valence-electron chi connectivity index (χ4n) is 2.00. The number of nitrogens with one attached hydrogen (secondary N) is 2. The minimum atomic E-state index is 0.236. The Hall–Kier alpha value is -0.380. The number of aliphatic hydroxyl groups excluding tert-OH is 1. The molecule has 3 N–H and O–H groups in total. The summed E-state index contributed by atoms with van der Waals surface area (Å²) in [6, 6.07) is 1.36. The van der Waals surface area contributed by atoms with Crippen molar-refractivity contribution in [3.8, 4) is 0 Å². The zero-order chi connectivity index (χ0) is 8.39. The van der Waals surface area contributed by atoms with Crippen LogP contribution in [-0.4, -0.2) is 36.4 Å². The molecule has 3 unspecified atom stereocenters. The maximum atomic E-state index is 8.96. The van der Waals surface area contributed by atoms with Gasteiger partial charge in [-0.25, -0.2) is 0 Å². The lowest BCUT2D eigenvalue weighted by atomic mass is 9.93. The highest BCUT2D eigenvalue weighted by Gasteiger charge is 2.28. The largest absolute Gasteiger partial charge is 0.395 e. The highest BCUT2D eigenvalue weighted by atomic mass is 16.3. The van der Waals surface area contributed by atoms with E-state index in [1.54, 1.807) is 0 Å². The highest BCUT2D eigenvalue weighted by Crippen LogP contribution is 2.15. The van der Waals surface area contributed by atoms with E-state index in [2.05, 4.69) is 22.8 Å². The van der Waals surface area contributed by atoms with Gasteiger partial charge in [0.2, 0.25) is 0 Å². The molecule has 12 heavy (non-hydrogen) atoms. The Morgan fingerprint density at radius 1 is 1.25 bits per heavy atom. The summed E-state index contributed by atoms with van der Waals surface area (Å²) in [7, 11) is 0. The van der Waals surface area contributed by atoms with Crippen molar-refractivity contribution in [3.05, 3.63) is 12.2 Å². The molecule has 0 spiro atoms. The SMILES string of the molecule is OCC1CNC2CC=CCC2N1. The second-order valence-corrected chi connectivity index (χ2v) is 3.61. The van der Waals surface area contributed by atoms with Crippen molar-refractivity contribution >= 4 is 0 Å². The van der Waals surface area contributed by atoms with Gasteiger partial charge in [0.1, 0.15) is 0 Å². The average molecular weight is 168 g/mol. The summed E-state index contributed by atoms with van der Waals surface area (Å²) >= 11 is 0. The first-order chi connectivity index (χ1) is 5.90. The van der Waals surface area contributed by atoms with Crippen LogP contribution in [0.5, 0.6) is 0 Å². The van der Waals surface area contributed by atoms with Gasteiger partial charge in [-0.2, -0.15) is 0 Å². The molecule has 0 aromatic carbocycles. The smallest absolute Gasteiger partial charge is 0.0597 e. The van der Waals surface area contributed by atoms with Gasteiger partial charge >= 0.3 is 0 Å². The molecule has 1 aliphatic carbocycles. The Morgan fingerprint density at radius 2 is 2.00 bits per heavy atom. The Morgan fingerprint density at radius 3 is 2.75 bits per heavy atom. The lowest BCUT2D eigenvalue weighted by Gasteiger charge is -2.38. The van der Waals surface area contributed by atoms with E-state index < -0.39 is 0 Å². The summed E-state index contributed by atoms with van der Waals surface area (Å²) in [6.45, 7) is 1.13. The van der Waals surface area contributed by atoms with Gasteiger partial charge in [0.15, 0.2) is 0 Å². The summed E-state index contributed by atoms with van der Waals surface area (Å²) < 4.78 is 0. The lowest BCUT2D eigenvalue weighted by molar-refractivity contribution is 0.180. The molecular formula is C9H16N2O. The number of hydrogen-bond donors (Lipinski definition) is 3. The molecule has 3 atom stereocenters. The molecule has 2 rings (SSSR count). The van der Waals surface area contributed by atoms with Crippen LogP contribution in [0, 0.1) is 0 Å². The van der Waals surface area contributed by atoms with E-state index in [9.17, 15) is 0 Å². The first kappa shape index (κ1) is 8.23. The highest BCUT2D eigenvalue weighted by molar-refractivity contribution is 5.04. The topological polar surface area (TPSA) is 44.3 Å². The van der Waals surface area contributed by atoms with Crippen molar-refractivity contribution in [2.45, 2.75) is 31.0 Å². The number of hydrogen-bond acceptors (Lipinski definition) is 3. The van der Waals surface area contributed by atoms with Crippen molar-refractivity contribution < 1.29 is 5.11 Å². The first-order valence-electron chi connectivity index (χ1n) is 4.65. The van der Waals surface area contributed by atoms with Gasteiger partial charge in [0, 0.05) is 24.7 Å². The maximum Gasteiger partial charge on any atom is 0.0597 e. The van der Waals surface area contributed by atoms with Crippen LogP contribution >= 0.6 is 0 Å². The van der Waals surface area contributed by atoms with Crippen molar-refractivity contribution in [2.24, 2.45) is 0 Å². The first-order valence-corrected chi connectivity index (χ1v) is 4.65. The zero-order valence-electron chi connectivity index (χ0n) is 7.16. The van der Waals surface area contributed by atoms with Crippen molar-refractivity contribution in [1.29, 1.82) is 0 Å². The Labute approximate surface area is 72.9 Å². The predicted molar refractivity (Wildman–Crippen MR) is 48.0 cm³/mol. The number of fused-ring (bicyclic) bond motifs is 1. The number of aliphatic hydroxyl groups is 1. The molecule has 0 amide bonds. The third-order valence-electron chi connectivity index (χ3n) is 2.73. The van der Waals surface area contributed by atoms with Crippen LogP contribution in [0.25, 0.3) is 0 Å². The van der Waals surface area contributed by atoms with E-state index in [4.69, 9.17) is 5.11 Å². The van der Waals surface area contributed by atoms with Crippen molar-refractivity contribution in [3.63, 3.8) is 0 Å². The van der Waals surface area contributed by atoms with E-state index in [0.29, 0.717) is 12.1 Å². The molecule has 0 aromatic heterocycles. The van der Waals surface area contributed by atoms with Crippen LogP contribution in [0.2, 0.25) is 0 Å². The zero-order valence-corrected chi connectivity index (χ0v) is 7.16. The van der Waals surface area contributed by atoms with E-state index in [1.165, 1.54) is 0 Å². The van der Waals surface area contributed by atoms with Crippen molar-refractivity contribution in [2.75, 3.05) is 13.2 Å². The molecule has 3 heteroatoms. The van der Waals surface area contributed by atoms with Crippen LogP contribution in [0.1, 0.15) is 12.8 Å². The molecule has 2 aliphatic rings. The maximum absolute atomic E-state index is 8.96. The fraction of sp³-hybridized carbons (Fsp3) is 0.778. The van der Waals surface area contributed by atoms with Gasteiger partial charge in [-0.3, -0.25) is 0 Å². The minimum absolute atomic E-state index is 0.236. The summed E-state index contributed by atoms with van der Waals surface area (Å²) in [6.07, 6.45) is 6.66. The standard InChI is InChI=1S/C9H16N2O/c12-6-7-5-10-8-3-1-2-4-9(8)11-7/h1-2,7-12H,3-6H2. The van der Waals surface area contributed by atoms with Crippen molar-refractivity contribution in [1.82, 2.24) is 10.6 Å². The van der Waals surface area contributed by atoms with Crippen LogP contribution in [0.15, 0.2) is 12.2 Å². The second-order valence-electron chi connectivity index (χ2n) is 3.61. The van der Waals surface area contributed by atoms with Gasteiger partial charge in [0.25, 0.3) is 0 Å². The molecule has 0 aromatic rings. The summed E-state index contributed by atoms with van der Waals surface area (Å²) in [5.41, 5.74) is 0. The fourth-order valence-corrected chi connectivity index (χ4v) is 2.00. The monoisotopic (exact) mass is 168 g/mol. The summed E-state index contributed by atoms with van der Waals surface area (Å²) in [5, 5.41) is 15.9. The van der Waals surface area contributed by atoms with E-state index in [-0.39, 0.29) is 12.6 Å². The van der Waals surface area contributed by atoms with Crippen LogP contribution in [0.3, 0.4) is 0 Å². The minimum Gasteiger partial charge on any atom is -0.395 e. The molecule has 3 nitrogen and oxygen atoms in total. The average Bonchev–Trinajstić information content (AvgIpc) is 2.17. The molecule has 1 aliphatic heterocycles. The van der Waals surface area contributed by atoms with Gasteiger partial charge in [-0.15, -0.1) is 0 Å². The van der Waals surface area contributed by atoms with Gasteiger partial charge in [0.05, 0.1) is 6.61 Å². The third kappa shape index (κ3) is 1.53. The normalized spacial score (nSPS) is 40.9. The molecule has 1 fully saturated rings. The molecule has 0 radical (unpaired) electrons. The predicted octanol–water partition coefficient (Wildman–Crippen LogP) is -0.373. The van der Waals surface area contributed by atoms with E-state index in [0.717, 1.165) is 19.4 Å². The van der Waals surface area contributed by atoms with Gasteiger partial charge < -0.3 is 15.7 Å². The summed E-state index contributed by atoms with van der Waals surface area (Å²) in [5.74, 6) is 0. The number of rotatable bonds is 1. The van der Waals surface area contributed by atoms with Gasteiger partial charge in [-0.05, 0) is 12.8 Å². The molecule has 0 bridgehead atoms. The molecular weight excluding hydrogens is 152 g/mol. The van der Waals surface area contributed by atoms with Crippen LogP contribution in [0.4, 0.5) is 0 Å². The molecule has 1 heterocycles. The van der Waals surface area contributed by atoms with Crippen LogP contribution < -0.4 is 10.6 Å². The van der Waals surface area contributed by atoms with Crippen LogP contribution in [-0.2, 0) is 0 Å². The lowest BCUT2D eigenvalue weighted by Crippen LogP contribution is -2.62. The Bertz CT molecular complexity index is 181. The van der Waals surface area contributed by atoms with Gasteiger partial charge in [-0.1, -0.05) is 12.2 Å². The Balaban J connectivity index is 1.95.